The number of hydrogen-bond donors (Lipinski definition) is 0. The molecular formula is C21H16N4O2S. The van der Waals surface area contributed by atoms with Crippen LogP contribution < -0.4 is 0 Å². The molecule has 0 aliphatic carbocycles. The van der Waals surface area contributed by atoms with E-state index in [1.165, 1.54) is 0 Å². The number of ketones is 1. The highest BCUT2D eigenvalue weighted by atomic mass is 32.1. The number of carbonyl (C=O) groups is 1. The number of nitriles is 1. The van der Waals surface area contributed by atoms with Gasteiger partial charge < -0.3 is 4.42 Å². The van der Waals surface area contributed by atoms with E-state index in [2.05, 4.69) is 34.5 Å². The van der Waals surface area contributed by atoms with Crippen LogP contribution in [0.3, 0.4) is 0 Å². The molecule has 138 valence electrons. The van der Waals surface area contributed by atoms with Crippen LogP contribution in [0.1, 0.15) is 29.6 Å². The molecule has 6 nitrogen and oxygen atoms in total. The number of hydrogen-bond acceptors (Lipinski definition) is 7. The zero-order valence-electron chi connectivity index (χ0n) is 15.0. The number of nitrogens with zero attached hydrogens (tertiary/aromatic N) is 4. The number of aromatic nitrogens is 3. The summed E-state index contributed by atoms with van der Waals surface area (Å²) < 4.78 is 6.69. The van der Waals surface area contributed by atoms with Gasteiger partial charge >= 0.3 is 0 Å². The van der Waals surface area contributed by atoms with Crippen molar-refractivity contribution < 1.29 is 9.21 Å². The van der Waals surface area contributed by atoms with Gasteiger partial charge in [0.15, 0.2) is 0 Å². The van der Waals surface area contributed by atoms with E-state index in [1.807, 2.05) is 30.3 Å². The summed E-state index contributed by atoms with van der Waals surface area (Å²) >= 11 is 1.59. The van der Waals surface area contributed by atoms with Crippen LogP contribution in [0.2, 0.25) is 0 Å². The summed E-state index contributed by atoms with van der Waals surface area (Å²) in [5.41, 5.74) is 3.18. The maximum absolute atomic E-state index is 11.7. The van der Waals surface area contributed by atoms with Crippen molar-refractivity contribution in [1.82, 2.24) is 15.2 Å². The van der Waals surface area contributed by atoms with Crippen molar-refractivity contribution in [2.24, 2.45) is 0 Å². The highest BCUT2D eigenvalue weighted by molar-refractivity contribution is 7.18. The first-order chi connectivity index (χ1) is 13.7. The lowest BCUT2D eigenvalue weighted by Crippen LogP contribution is -2.02. The minimum atomic E-state index is -0.0794. The van der Waals surface area contributed by atoms with Gasteiger partial charge in [0.1, 0.15) is 10.8 Å². The van der Waals surface area contributed by atoms with Gasteiger partial charge in [-0.3, -0.25) is 4.79 Å². The Morgan fingerprint density at radius 3 is 2.71 bits per heavy atom. The molecule has 4 rings (SSSR count). The van der Waals surface area contributed by atoms with E-state index in [-0.39, 0.29) is 30.9 Å². The Bertz CT molecular complexity index is 1160. The molecule has 4 aromatic rings. The first kappa shape index (κ1) is 18.0. The summed E-state index contributed by atoms with van der Waals surface area (Å²) in [6, 6.07) is 18.3. The molecule has 0 N–H and O–H groups in total. The van der Waals surface area contributed by atoms with E-state index < -0.39 is 0 Å². The van der Waals surface area contributed by atoms with Crippen LogP contribution in [0, 0.1) is 11.3 Å². The predicted molar refractivity (Wildman–Crippen MR) is 106 cm³/mol. The minimum absolute atomic E-state index is 0.0622. The molecule has 0 bridgehead atoms. The highest BCUT2D eigenvalue weighted by Gasteiger charge is 2.15. The van der Waals surface area contributed by atoms with Gasteiger partial charge in [0, 0.05) is 18.4 Å². The highest BCUT2D eigenvalue weighted by Crippen LogP contribution is 2.32. The SMILES string of the molecule is N#CCCC(=O)Cc1nnc(Cc2nc3c(-c4ccccc4)cccc3s2)o1. The molecular weight excluding hydrogens is 372 g/mol. The average molecular weight is 388 g/mol. The van der Waals surface area contributed by atoms with Gasteiger partial charge in [-0.2, -0.15) is 5.26 Å². The molecule has 0 saturated carbocycles. The molecule has 28 heavy (non-hydrogen) atoms. The van der Waals surface area contributed by atoms with Gasteiger partial charge in [-0.25, -0.2) is 4.98 Å². The van der Waals surface area contributed by atoms with Gasteiger partial charge in [0.2, 0.25) is 11.8 Å². The number of rotatable bonds is 7. The quantitative estimate of drug-likeness (QED) is 0.467. The summed E-state index contributed by atoms with van der Waals surface area (Å²) in [7, 11) is 0. The summed E-state index contributed by atoms with van der Waals surface area (Å²) in [6.45, 7) is 0. The summed E-state index contributed by atoms with van der Waals surface area (Å²) in [4.78, 5) is 16.5. The number of benzene rings is 2. The Labute approximate surface area is 165 Å². The number of thiazole rings is 1. The fourth-order valence-electron chi connectivity index (χ4n) is 2.93. The van der Waals surface area contributed by atoms with E-state index in [9.17, 15) is 4.79 Å². The third-order valence-corrected chi connectivity index (χ3v) is 5.24. The fraction of sp³-hybridized carbons (Fsp3) is 0.190. The molecule has 0 aliphatic rings. The van der Waals surface area contributed by atoms with Crippen molar-refractivity contribution in [1.29, 1.82) is 5.26 Å². The van der Waals surface area contributed by atoms with Gasteiger partial charge in [-0.1, -0.05) is 42.5 Å². The molecule has 0 spiro atoms. The Morgan fingerprint density at radius 2 is 1.89 bits per heavy atom. The monoisotopic (exact) mass is 388 g/mol. The fourth-order valence-corrected chi connectivity index (χ4v) is 3.92. The van der Waals surface area contributed by atoms with Crippen LogP contribution in [0.5, 0.6) is 0 Å². The van der Waals surface area contributed by atoms with E-state index in [0.29, 0.717) is 12.3 Å². The maximum atomic E-state index is 11.7. The lowest BCUT2D eigenvalue weighted by molar-refractivity contribution is -0.118. The first-order valence-electron chi connectivity index (χ1n) is 8.86. The summed E-state index contributed by atoms with van der Waals surface area (Å²) in [6.07, 6.45) is 0.892. The van der Waals surface area contributed by atoms with E-state index in [0.717, 1.165) is 26.4 Å². The first-order valence-corrected chi connectivity index (χ1v) is 9.68. The number of para-hydroxylation sites is 1. The summed E-state index contributed by atoms with van der Waals surface area (Å²) in [5.74, 6) is 0.636. The van der Waals surface area contributed by atoms with Crippen LogP contribution in [0.4, 0.5) is 0 Å². The van der Waals surface area contributed by atoms with Crippen molar-refractivity contribution in [3.63, 3.8) is 0 Å². The normalized spacial score (nSPS) is 10.8. The van der Waals surface area contributed by atoms with Gasteiger partial charge in [-0.05, 0) is 11.6 Å². The largest absolute Gasteiger partial charge is 0.424 e. The maximum Gasteiger partial charge on any atom is 0.223 e. The van der Waals surface area contributed by atoms with E-state index >= 15 is 0 Å². The number of Topliss-reactive ketones (excluding diaryl/α,β-unsaturated/α-hetero) is 1. The third kappa shape index (κ3) is 3.97. The van der Waals surface area contributed by atoms with Crippen molar-refractivity contribution in [2.75, 3.05) is 0 Å². The van der Waals surface area contributed by atoms with Gasteiger partial charge in [0.05, 0.1) is 29.1 Å². The molecule has 2 heterocycles. The van der Waals surface area contributed by atoms with Gasteiger partial charge in [0.25, 0.3) is 0 Å². The topological polar surface area (TPSA) is 92.7 Å². The van der Waals surface area contributed by atoms with Crippen molar-refractivity contribution >= 4 is 27.3 Å². The lowest BCUT2D eigenvalue weighted by Gasteiger charge is -2.01. The number of carbonyl (C=O) groups excluding carboxylic acids is 1. The smallest absolute Gasteiger partial charge is 0.223 e. The van der Waals surface area contributed by atoms with Crippen LogP contribution in [-0.2, 0) is 17.6 Å². The van der Waals surface area contributed by atoms with Crippen LogP contribution in [-0.4, -0.2) is 21.0 Å². The van der Waals surface area contributed by atoms with E-state index in [1.54, 1.807) is 11.3 Å². The minimum Gasteiger partial charge on any atom is -0.424 e. The lowest BCUT2D eigenvalue weighted by atomic mass is 10.1. The standard InChI is InChI=1S/C21H16N4O2S/c22-11-5-8-15(26)12-18-24-25-19(27-18)13-20-23-21-16(9-4-10-17(21)28-20)14-6-2-1-3-7-14/h1-4,6-7,9-10H,5,8,12-13H2. The zero-order chi connectivity index (χ0) is 19.3. The predicted octanol–water partition coefficient (Wildman–Crippen LogP) is 4.35. The molecule has 2 aromatic carbocycles. The number of fused-ring (bicyclic) bond motifs is 1. The molecule has 0 unspecified atom stereocenters. The molecule has 0 atom stereocenters. The van der Waals surface area contributed by atoms with Gasteiger partial charge in [-0.15, -0.1) is 21.5 Å². The van der Waals surface area contributed by atoms with Crippen molar-refractivity contribution in [3.8, 4) is 17.2 Å². The van der Waals surface area contributed by atoms with E-state index in [4.69, 9.17) is 14.7 Å². The molecule has 0 saturated heterocycles. The second kappa shape index (κ2) is 8.11. The average Bonchev–Trinajstić information content (AvgIpc) is 3.33. The molecule has 7 heteroatoms. The zero-order valence-corrected chi connectivity index (χ0v) is 15.8. The molecule has 0 fully saturated rings. The van der Waals surface area contributed by atoms with Crippen LogP contribution >= 0.6 is 11.3 Å². The van der Waals surface area contributed by atoms with Crippen LogP contribution in [0.25, 0.3) is 21.3 Å². The second-order valence-electron chi connectivity index (χ2n) is 6.27. The van der Waals surface area contributed by atoms with Crippen LogP contribution in [0.15, 0.2) is 52.9 Å². The second-order valence-corrected chi connectivity index (χ2v) is 7.38. The Kier molecular flexibility index (Phi) is 5.22. The van der Waals surface area contributed by atoms with Crippen molar-refractivity contribution in [3.05, 3.63) is 65.3 Å². The molecule has 0 amide bonds. The third-order valence-electron chi connectivity index (χ3n) is 4.22. The Balaban J connectivity index is 1.53. The molecule has 0 aliphatic heterocycles. The Morgan fingerprint density at radius 1 is 1.07 bits per heavy atom. The molecule has 2 aromatic heterocycles. The summed E-state index contributed by atoms with van der Waals surface area (Å²) in [5, 5.41) is 17.4. The Hall–Kier alpha value is -3.37. The molecule has 0 radical (unpaired) electrons. The van der Waals surface area contributed by atoms with Crippen molar-refractivity contribution in [2.45, 2.75) is 25.7 Å².